The minimum atomic E-state index is -4.75. The summed E-state index contributed by atoms with van der Waals surface area (Å²) in [5.41, 5.74) is 7.86. The number of aromatic nitrogens is 1. The van der Waals surface area contributed by atoms with Crippen LogP contribution in [0.15, 0.2) is 30.6 Å². The molecule has 0 unspecified atom stereocenters. The molecule has 0 spiro atoms. The van der Waals surface area contributed by atoms with Crippen LogP contribution in [0.1, 0.15) is 50.8 Å². The molecule has 0 saturated heterocycles. The number of nitrogens with one attached hydrogen (secondary N) is 1. The fraction of sp³-hybridized carbons (Fsp3) is 0.400. The van der Waals surface area contributed by atoms with Crippen molar-refractivity contribution in [1.82, 2.24) is 4.98 Å². The van der Waals surface area contributed by atoms with Crippen LogP contribution in [-0.4, -0.2) is 20.7 Å². The number of benzene rings is 1. The zero-order valence-electron chi connectivity index (χ0n) is 17.7. The first-order chi connectivity index (χ1) is 13.4. The number of hydrogen-bond acceptors (Lipinski definition) is 5. The molecule has 0 aliphatic rings. The molecule has 2 rings (SSSR count). The molecule has 2 aromatic rings. The Morgan fingerprint density at radius 1 is 1.28 bits per heavy atom. The van der Waals surface area contributed by atoms with Gasteiger partial charge in [0.15, 0.2) is 0 Å². The average Bonchev–Trinajstić information content (AvgIpc) is 2.59. The Balaban J connectivity index is 0.00000204. The summed E-state index contributed by atoms with van der Waals surface area (Å²) in [7, 11) is -4.75. The minimum absolute atomic E-state index is 0.0508. The molecule has 1 heterocycles. The van der Waals surface area contributed by atoms with Gasteiger partial charge in [0.05, 0.1) is 17.6 Å². The third-order valence-corrected chi connectivity index (χ3v) is 4.51. The number of carbonyl (C=O) groups is 1. The van der Waals surface area contributed by atoms with E-state index in [2.05, 4.69) is 10.3 Å². The number of phosphoric acid groups is 1. The second-order valence-corrected chi connectivity index (χ2v) is 8.28. The first-order valence-electron chi connectivity index (χ1n) is 9.25. The molecule has 0 saturated carbocycles. The molecule has 160 valence electrons. The topological polar surface area (TPSA) is 135 Å². The number of amides is 1. The number of carbonyl (C=O) groups excluding carboxylic acids is 1. The number of anilines is 2. The molecule has 0 aliphatic heterocycles. The highest BCUT2D eigenvalue weighted by molar-refractivity contribution is 7.46. The normalized spacial score (nSPS) is 11.3. The number of rotatable bonds is 6. The van der Waals surface area contributed by atoms with Crippen molar-refractivity contribution in [2.45, 2.75) is 53.4 Å². The summed E-state index contributed by atoms with van der Waals surface area (Å²) >= 11 is 0. The fourth-order valence-corrected chi connectivity index (χ4v) is 3.39. The maximum absolute atomic E-state index is 12.5. The number of nitrogens with zero attached hydrogens (tertiary/aromatic N) is 1. The average molecular weight is 423 g/mol. The van der Waals surface area contributed by atoms with Gasteiger partial charge in [-0.2, -0.15) is 0 Å². The van der Waals surface area contributed by atoms with Crippen molar-refractivity contribution < 1.29 is 23.7 Å². The standard InChI is InChI=1S/C18H24N3O5P.C2H6/c1-11-7-12(2)17(26-27(23,24)25)13(8-11)18(3,4)9-16(22)21-15-5-6-20-10-14(15)19;1-2/h5-8,10H,9,19H2,1-4H3,(H,20,21,22)(H2,23,24,25);1-2H3. The summed E-state index contributed by atoms with van der Waals surface area (Å²) in [5, 5.41) is 2.73. The van der Waals surface area contributed by atoms with E-state index >= 15 is 0 Å². The van der Waals surface area contributed by atoms with Crippen LogP contribution in [-0.2, 0) is 14.8 Å². The van der Waals surface area contributed by atoms with Crippen LogP contribution >= 0.6 is 7.82 Å². The van der Waals surface area contributed by atoms with Gasteiger partial charge in [-0.05, 0) is 25.5 Å². The molecule has 8 nitrogen and oxygen atoms in total. The molecule has 1 aromatic carbocycles. The van der Waals surface area contributed by atoms with E-state index in [4.69, 9.17) is 10.3 Å². The molecule has 29 heavy (non-hydrogen) atoms. The molecule has 0 aliphatic carbocycles. The smallest absolute Gasteiger partial charge is 0.404 e. The number of nitrogen functional groups attached to an aromatic ring is 1. The van der Waals surface area contributed by atoms with Gasteiger partial charge in [0.25, 0.3) is 0 Å². The van der Waals surface area contributed by atoms with Crippen LogP contribution in [0.2, 0.25) is 0 Å². The van der Waals surface area contributed by atoms with E-state index < -0.39 is 13.2 Å². The van der Waals surface area contributed by atoms with Gasteiger partial charge in [-0.15, -0.1) is 0 Å². The molecule has 9 heteroatoms. The summed E-state index contributed by atoms with van der Waals surface area (Å²) in [6, 6.07) is 5.13. The van der Waals surface area contributed by atoms with E-state index in [1.54, 1.807) is 25.1 Å². The van der Waals surface area contributed by atoms with Gasteiger partial charge in [-0.1, -0.05) is 45.4 Å². The Morgan fingerprint density at radius 2 is 1.90 bits per heavy atom. The Hall–Kier alpha value is -2.41. The molecule has 0 fully saturated rings. The molecule has 1 amide bonds. The van der Waals surface area contributed by atoms with Crippen LogP contribution in [0.3, 0.4) is 0 Å². The second kappa shape index (κ2) is 9.87. The van der Waals surface area contributed by atoms with E-state index in [1.165, 1.54) is 12.4 Å². The largest absolute Gasteiger partial charge is 0.524 e. The monoisotopic (exact) mass is 423 g/mol. The summed E-state index contributed by atoms with van der Waals surface area (Å²) < 4.78 is 16.3. The van der Waals surface area contributed by atoms with E-state index in [-0.39, 0.29) is 18.1 Å². The molecular weight excluding hydrogens is 393 g/mol. The van der Waals surface area contributed by atoms with Gasteiger partial charge in [-0.25, -0.2) is 4.57 Å². The van der Waals surface area contributed by atoms with Crippen LogP contribution in [0, 0.1) is 13.8 Å². The zero-order valence-corrected chi connectivity index (χ0v) is 18.6. The molecule has 0 radical (unpaired) electrons. The Kier molecular flexibility index (Phi) is 8.38. The highest BCUT2D eigenvalue weighted by Crippen LogP contribution is 2.45. The summed E-state index contributed by atoms with van der Waals surface area (Å²) in [5.74, 6) is -0.200. The lowest BCUT2D eigenvalue weighted by molar-refractivity contribution is -0.117. The fourth-order valence-electron chi connectivity index (χ4n) is 2.91. The first-order valence-corrected chi connectivity index (χ1v) is 10.8. The maximum Gasteiger partial charge on any atom is 0.524 e. The van der Waals surface area contributed by atoms with E-state index in [0.717, 1.165) is 5.56 Å². The third kappa shape index (κ3) is 7.16. The maximum atomic E-state index is 12.5. The second-order valence-electron chi connectivity index (χ2n) is 7.11. The van der Waals surface area contributed by atoms with Crippen molar-refractivity contribution in [1.29, 1.82) is 0 Å². The first kappa shape index (κ1) is 24.6. The van der Waals surface area contributed by atoms with Crippen molar-refractivity contribution >= 4 is 25.1 Å². The molecule has 1 aromatic heterocycles. The number of pyridine rings is 1. The van der Waals surface area contributed by atoms with Crippen molar-refractivity contribution in [3.05, 3.63) is 47.3 Å². The summed E-state index contributed by atoms with van der Waals surface area (Å²) in [4.78, 5) is 34.9. The number of hydrogen-bond donors (Lipinski definition) is 4. The van der Waals surface area contributed by atoms with Crippen molar-refractivity contribution in [3.8, 4) is 5.75 Å². The van der Waals surface area contributed by atoms with Gasteiger partial charge in [0.1, 0.15) is 5.75 Å². The number of phosphoric ester groups is 1. The summed E-state index contributed by atoms with van der Waals surface area (Å²) in [6.45, 7) is 11.2. The zero-order chi connectivity index (χ0) is 22.4. The molecular formula is C20H30N3O5P. The third-order valence-electron chi connectivity index (χ3n) is 4.09. The van der Waals surface area contributed by atoms with E-state index in [9.17, 15) is 19.1 Å². The lowest BCUT2D eigenvalue weighted by atomic mass is 9.79. The van der Waals surface area contributed by atoms with Gasteiger partial charge in [-0.3, -0.25) is 19.6 Å². The Bertz CT molecular complexity index is 909. The highest BCUT2D eigenvalue weighted by atomic mass is 31.2. The number of nitrogens with two attached hydrogens (primary N) is 1. The summed E-state index contributed by atoms with van der Waals surface area (Å²) in [6.07, 6.45) is 3.01. The van der Waals surface area contributed by atoms with Gasteiger partial charge in [0, 0.05) is 23.6 Å². The molecule has 0 atom stereocenters. The van der Waals surface area contributed by atoms with Crippen LogP contribution in [0.4, 0.5) is 11.4 Å². The van der Waals surface area contributed by atoms with Gasteiger partial charge >= 0.3 is 7.82 Å². The van der Waals surface area contributed by atoms with E-state index in [1.807, 2.05) is 34.6 Å². The SMILES string of the molecule is CC.Cc1cc(C)c(OP(=O)(O)O)c(C(C)(C)CC(=O)Nc2ccncc2N)c1. The highest BCUT2D eigenvalue weighted by Gasteiger charge is 2.31. The van der Waals surface area contributed by atoms with Crippen molar-refractivity contribution in [3.63, 3.8) is 0 Å². The minimum Gasteiger partial charge on any atom is -0.404 e. The lowest BCUT2D eigenvalue weighted by Gasteiger charge is -2.28. The predicted molar refractivity (Wildman–Crippen MR) is 115 cm³/mol. The lowest BCUT2D eigenvalue weighted by Crippen LogP contribution is -2.27. The predicted octanol–water partition coefficient (Wildman–Crippen LogP) is 4.08. The van der Waals surface area contributed by atoms with Crippen molar-refractivity contribution in [2.24, 2.45) is 0 Å². The molecule has 5 N–H and O–H groups in total. The van der Waals surface area contributed by atoms with Gasteiger partial charge < -0.3 is 15.6 Å². The van der Waals surface area contributed by atoms with Crippen molar-refractivity contribution in [2.75, 3.05) is 11.1 Å². The van der Waals surface area contributed by atoms with Gasteiger partial charge in [0.2, 0.25) is 5.91 Å². The van der Waals surface area contributed by atoms with Crippen LogP contribution in [0.5, 0.6) is 5.75 Å². The van der Waals surface area contributed by atoms with Crippen LogP contribution in [0.25, 0.3) is 0 Å². The Labute approximate surface area is 171 Å². The molecule has 0 bridgehead atoms. The number of aryl methyl sites for hydroxylation is 2. The quantitative estimate of drug-likeness (QED) is 0.514. The van der Waals surface area contributed by atoms with E-state index in [0.29, 0.717) is 22.5 Å². The van der Waals surface area contributed by atoms with Crippen LogP contribution < -0.4 is 15.6 Å². The Morgan fingerprint density at radius 3 is 2.45 bits per heavy atom.